The fraction of sp³-hybridized carbons (Fsp3) is 0.818. The molecule has 0 aromatic heterocycles. The number of carbonyl (C=O) groups excluding carboxylic acids is 2. The smallest absolute Gasteiger partial charge is 1.00 e. The van der Waals surface area contributed by atoms with Crippen LogP contribution in [0.2, 0.25) is 0 Å². The minimum Gasteiger partial charge on any atom is -1.00 e. The van der Waals surface area contributed by atoms with Crippen molar-refractivity contribution >= 4 is 11.9 Å². The van der Waals surface area contributed by atoms with E-state index in [1.807, 2.05) is 0 Å². The molecule has 0 aromatic rings. The summed E-state index contributed by atoms with van der Waals surface area (Å²) in [6.07, 6.45) is 2.35. The van der Waals surface area contributed by atoms with Crippen LogP contribution in [0, 0.1) is 0 Å². The van der Waals surface area contributed by atoms with Crippen molar-refractivity contribution in [1.29, 1.82) is 0 Å². The predicted octanol–water partition coefficient (Wildman–Crippen LogP) is -0.574. The Bertz CT molecular complexity index is 159. The summed E-state index contributed by atoms with van der Waals surface area (Å²) in [6, 6.07) is 0. The average molecular weight is 242 g/mol. The third kappa shape index (κ3) is 19.5. The first kappa shape index (κ1) is 21.2. The second-order valence-corrected chi connectivity index (χ2v) is 2.79. The van der Waals surface area contributed by atoms with Gasteiger partial charge in [0.1, 0.15) is 6.42 Å². The number of hydrogen-bond acceptors (Lipinski definition) is 4. The molecular weight excluding hydrogens is 219 g/mol. The van der Waals surface area contributed by atoms with Crippen molar-refractivity contribution in [2.75, 3.05) is 13.2 Å². The molecule has 5 heteroatoms. The summed E-state index contributed by atoms with van der Waals surface area (Å²) >= 11 is 0. The van der Waals surface area contributed by atoms with E-state index < -0.39 is 11.9 Å². The van der Waals surface area contributed by atoms with E-state index in [1.54, 1.807) is 13.8 Å². The molecule has 0 amide bonds. The Morgan fingerprint density at radius 2 is 1.19 bits per heavy atom. The van der Waals surface area contributed by atoms with Crippen LogP contribution in [-0.4, -0.2) is 25.2 Å². The fourth-order valence-corrected chi connectivity index (χ4v) is 0.542. The predicted molar refractivity (Wildman–Crippen MR) is 59.6 cm³/mol. The van der Waals surface area contributed by atoms with E-state index in [0.717, 1.165) is 0 Å². The molecule has 0 bridgehead atoms. The monoisotopic (exact) mass is 242 g/mol. The summed E-state index contributed by atoms with van der Waals surface area (Å²) in [4.78, 5) is 21.2. The Kier molecular flexibility index (Phi) is 23.0. The Hall–Kier alpha value is -0.0600. The summed E-state index contributed by atoms with van der Waals surface area (Å²) in [5.74, 6) is -1.07. The van der Waals surface area contributed by atoms with Gasteiger partial charge in [0, 0.05) is 0 Å². The summed E-state index contributed by atoms with van der Waals surface area (Å²) < 4.78 is 9.04. The van der Waals surface area contributed by atoms with Gasteiger partial charge in [0.25, 0.3) is 0 Å². The van der Waals surface area contributed by atoms with E-state index in [9.17, 15) is 9.59 Å². The number of unbranched alkanes of at least 4 members (excludes halogenated alkanes) is 1. The van der Waals surface area contributed by atoms with Gasteiger partial charge < -0.3 is 10.9 Å². The standard InChI is InChI=1S/C7H12O4.C4H10.Na.H/c1-3-10-6(8)5-7(9)11-4-2;1-3-4-2;;/h3-5H2,1-2H3;3-4H2,1-2H3;;/q;;+1;-1. The van der Waals surface area contributed by atoms with Crippen molar-refractivity contribution in [1.82, 2.24) is 0 Å². The van der Waals surface area contributed by atoms with E-state index in [4.69, 9.17) is 0 Å². The van der Waals surface area contributed by atoms with E-state index in [1.165, 1.54) is 12.8 Å². The first-order valence-electron chi connectivity index (χ1n) is 5.43. The number of ether oxygens (including phenoxy) is 2. The molecule has 0 saturated heterocycles. The van der Waals surface area contributed by atoms with Crippen molar-refractivity contribution in [3.63, 3.8) is 0 Å². The van der Waals surface area contributed by atoms with Crippen molar-refractivity contribution in [3.05, 3.63) is 0 Å². The molecule has 0 unspecified atom stereocenters. The van der Waals surface area contributed by atoms with Gasteiger partial charge in [-0.1, -0.05) is 26.7 Å². The molecule has 0 aliphatic carbocycles. The van der Waals surface area contributed by atoms with Crippen molar-refractivity contribution in [2.45, 2.75) is 47.0 Å². The van der Waals surface area contributed by atoms with Gasteiger partial charge in [0.05, 0.1) is 13.2 Å². The van der Waals surface area contributed by atoms with Crippen molar-refractivity contribution in [2.24, 2.45) is 0 Å². The second kappa shape index (κ2) is 17.3. The molecule has 16 heavy (non-hydrogen) atoms. The zero-order chi connectivity index (χ0) is 12.1. The summed E-state index contributed by atoms with van der Waals surface area (Å²) in [5, 5.41) is 0. The van der Waals surface area contributed by atoms with Gasteiger partial charge in [-0.15, -0.1) is 0 Å². The largest absolute Gasteiger partial charge is 1.00 e. The molecule has 0 rings (SSSR count). The van der Waals surface area contributed by atoms with E-state index in [-0.39, 0.29) is 50.6 Å². The SMILES string of the molecule is CCCC.CCOC(=O)CC(=O)OCC.[H-].[Na+]. The van der Waals surface area contributed by atoms with Crippen LogP contribution in [0.5, 0.6) is 0 Å². The molecule has 0 aliphatic rings. The van der Waals surface area contributed by atoms with Crippen LogP contribution in [0.25, 0.3) is 0 Å². The minimum absolute atomic E-state index is 0. The first-order valence-corrected chi connectivity index (χ1v) is 5.43. The normalized spacial score (nSPS) is 8.00. The maximum absolute atomic E-state index is 10.6. The summed E-state index contributed by atoms with van der Waals surface area (Å²) in [7, 11) is 0. The van der Waals surface area contributed by atoms with Crippen molar-refractivity contribution < 1.29 is 50.0 Å². The fourth-order valence-electron chi connectivity index (χ4n) is 0.542. The van der Waals surface area contributed by atoms with Crippen LogP contribution in [0.4, 0.5) is 0 Å². The molecule has 0 atom stereocenters. The van der Waals surface area contributed by atoms with Crippen LogP contribution in [-0.2, 0) is 19.1 Å². The number of esters is 2. The third-order valence-electron chi connectivity index (χ3n) is 1.40. The average Bonchev–Trinajstić information content (AvgIpc) is 2.18. The van der Waals surface area contributed by atoms with Crippen LogP contribution in [0.1, 0.15) is 48.4 Å². The van der Waals surface area contributed by atoms with Gasteiger partial charge >= 0.3 is 41.5 Å². The van der Waals surface area contributed by atoms with Gasteiger partial charge in [0.15, 0.2) is 0 Å². The Morgan fingerprint density at radius 1 is 0.875 bits per heavy atom. The maximum atomic E-state index is 10.6. The number of hydrogen-bond donors (Lipinski definition) is 0. The molecule has 0 heterocycles. The van der Waals surface area contributed by atoms with E-state index in [2.05, 4.69) is 23.3 Å². The van der Waals surface area contributed by atoms with Gasteiger partial charge in [0.2, 0.25) is 0 Å². The van der Waals surface area contributed by atoms with Gasteiger partial charge in [-0.2, -0.15) is 0 Å². The molecule has 0 aliphatic heterocycles. The minimum atomic E-state index is -0.536. The van der Waals surface area contributed by atoms with Crippen LogP contribution in [0.15, 0.2) is 0 Å². The zero-order valence-electron chi connectivity index (χ0n) is 12.2. The maximum Gasteiger partial charge on any atom is 1.00 e. The molecule has 4 nitrogen and oxygen atoms in total. The molecule has 0 radical (unpaired) electrons. The molecule has 0 fully saturated rings. The van der Waals surface area contributed by atoms with Crippen LogP contribution in [0.3, 0.4) is 0 Å². The molecule has 0 N–H and O–H groups in total. The Balaban J connectivity index is -0.000000123. The molecular formula is C11H23NaO4. The van der Waals surface area contributed by atoms with Gasteiger partial charge in [-0.25, -0.2) is 0 Å². The second-order valence-electron chi connectivity index (χ2n) is 2.79. The molecule has 0 saturated carbocycles. The first-order chi connectivity index (χ1) is 7.12. The molecule has 0 spiro atoms. The number of rotatable bonds is 5. The van der Waals surface area contributed by atoms with Gasteiger partial charge in [-0.05, 0) is 13.8 Å². The van der Waals surface area contributed by atoms with Crippen molar-refractivity contribution in [3.8, 4) is 0 Å². The van der Waals surface area contributed by atoms with E-state index >= 15 is 0 Å². The topological polar surface area (TPSA) is 52.6 Å². The third-order valence-corrected chi connectivity index (χ3v) is 1.40. The zero-order valence-corrected chi connectivity index (χ0v) is 13.2. The van der Waals surface area contributed by atoms with Crippen LogP contribution < -0.4 is 29.6 Å². The van der Waals surface area contributed by atoms with E-state index in [0.29, 0.717) is 0 Å². The van der Waals surface area contributed by atoms with Crippen LogP contribution >= 0.6 is 0 Å². The summed E-state index contributed by atoms with van der Waals surface area (Å²) in [6.45, 7) is 8.31. The quantitative estimate of drug-likeness (QED) is 0.368. The molecule has 92 valence electrons. The van der Waals surface area contributed by atoms with Gasteiger partial charge in [-0.3, -0.25) is 9.59 Å². The Morgan fingerprint density at radius 3 is 1.38 bits per heavy atom. The number of carbonyl (C=O) groups is 2. The molecule has 0 aromatic carbocycles. The Labute approximate surface area is 122 Å². The summed E-state index contributed by atoms with van der Waals surface area (Å²) in [5.41, 5.74) is 0.